The Kier molecular flexibility index (Phi) is 4.42. The highest BCUT2D eigenvalue weighted by atomic mass is 16.7. The van der Waals surface area contributed by atoms with Crippen molar-refractivity contribution in [3.8, 4) is 16.9 Å². The molecule has 0 aliphatic carbocycles. The average molecular weight is 353 g/mol. The number of carbonyl (C=O) groups is 1. The van der Waals surface area contributed by atoms with Crippen molar-refractivity contribution < 1.29 is 19.4 Å². The summed E-state index contributed by atoms with van der Waals surface area (Å²) >= 11 is 0. The minimum Gasteiger partial charge on any atom is -0.462 e. The Hall–Kier alpha value is -2.37. The van der Waals surface area contributed by atoms with Gasteiger partial charge in [0.2, 0.25) is 11.7 Å². The van der Waals surface area contributed by atoms with Gasteiger partial charge in [-0.15, -0.1) is 0 Å². The zero-order valence-electron chi connectivity index (χ0n) is 14.9. The molecule has 5 nitrogen and oxygen atoms in total. The molecule has 1 spiro atoms. The van der Waals surface area contributed by atoms with Crippen molar-refractivity contribution in [1.29, 1.82) is 0 Å². The highest BCUT2D eigenvalue weighted by molar-refractivity contribution is 5.73. The molecule has 1 fully saturated rings. The highest BCUT2D eigenvalue weighted by Crippen LogP contribution is 2.39. The number of carbonyl (C=O) groups excluding carboxylic acids is 1. The number of aliphatic hydroxyl groups excluding tert-OH is 1. The summed E-state index contributed by atoms with van der Waals surface area (Å²) in [4.78, 5) is 13.4. The largest absolute Gasteiger partial charge is 0.462 e. The monoisotopic (exact) mass is 353 g/mol. The van der Waals surface area contributed by atoms with E-state index in [4.69, 9.17) is 9.47 Å². The molecule has 2 aliphatic rings. The summed E-state index contributed by atoms with van der Waals surface area (Å²) in [6.07, 6.45) is 1.36. The van der Waals surface area contributed by atoms with E-state index >= 15 is 0 Å². The van der Waals surface area contributed by atoms with E-state index in [-0.39, 0.29) is 12.5 Å². The number of ether oxygens (including phenoxy) is 2. The van der Waals surface area contributed by atoms with Crippen molar-refractivity contribution >= 4 is 5.91 Å². The van der Waals surface area contributed by atoms with Crippen LogP contribution in [-0.4, -0.2) is 34.8 Å². The fourth-order valence-corrected chi connectivity index (χ4v) is 3.75. The van der Waals surface area contributed by atoms with E-state index in [9.17, 15) is 9.90 Å². The van der Waals surface area contributed by atoms with Crippen molar-refractivity contribution in [3.05, 3.63) is 53.6 Å². The molecule has 2 aromatic rings. The number of rotatable bonds is 2. The maximum atomic E-state index is 11.5. The molecule has 4 rings (SSSR count). The van der Waals surface area contributed by atoms with Crippen LogP contribution in [0.25, 0.3) is 11.1 Å². The average Bonchev–Trinajstić information content (AvgIpc) is 2.68. The lowest BCUT2D eigenvalue weighted by atomic mass is 9.96. The number of hydrogen-bond donors (Lipinski definition) is 1. The molecular weight excluding hydrogens is 330 g/mol. The zero-order chi connectivity index (χ0) is 18.1. The number of piperidine rings is 1. The van der Waals surface area contributed by atoms with Gasteiger partial charge in [-0.1, -0.05) is 30.3 Å². The predicted molar refractivity (Wildman–Crippen MR) is 97.4 cm³/mol. The lowest BCUT2D eigenvalue weighted by molar-refractivity contribution is -0.227. The summed E-state index contributed by atoms with van der Waals surface area (Å²) in [6, 6.07) is 13.9. The molecule has 5 heteroatoms. The van der Waals surface area contributed by atoms with E-state index in [1.54, 1.807) is 6.92 Å². The summed E-state index contributed by atoms with van der Waals surface area (Å²) < 4.78 is 12.3. The maximum absolute atomic E-state index is 11.5. The van der Waals surface area contributed by atoms with Crippen LogP contribution in [0, 0.1) is 0 Å². The zero-order valence-corrected chi connectivity index (χ0v) is 14.9. The van der Waals surface area contributed by atoms with Gasteiger partial charge in [0.1, 0.15) is 5.75 Å². The quantitative estimate of drug-likeness (QED) is 0.901. The van der Waals surface area contributed by atoms with Gasteiger partial charge < -0.3 is 19.5 Å². The van der Waals surface area contributed by atoms with E-state index < -0.39 is 5.79 Å². The number of hydrogen-bond acceptors (Lipinski definition) is 4. The third kappa shape index (κ3) is 3.08. The number of amides is 1. The van der Waals surface area contributed by atoms with Crippen LogP contribution in [0.1, 0.15) is 30.9 Å². The van der Waals surface area contributed by atoms with Crippen LogP contribution in [0.3, 0.4) is 0 Å². The van der Waals surface area contributed by atoms with Gasteiger partial charge in [0.25, 0.3) is 0 Å². The molecular formula is C21H23NO4. The first kappa shape index (κ1) is 17.1. The van der Waals surface area contributed by atoms with Gasteiger partial charge in [0.05, 0.1) is 13.2 Å². The van der Waals surface area contributed by atoms with E-state index in [1.165, 1.54) is 0 Å². The van der Waals surface area contributed by atoms with Gasteiger partial charge >= 0.3 is 0 Å². The molecule has 1 amide bonds. The molecule has 0 unspecified atom stereocenters. The smallest absolute Gasteiger partial charge is 0.219 e. The van der Waals surface area contributed by atoms with Crippen molar-refractivity contribution in [2.75, 3.05) is 13.1 Å². The first-order valence-electron chi connectivity index (χ1n) is 9.01. The van der Waals surface area contributed by atoms with Crippen molar-refractivity contribution in [2.24, 2.45) is 0 Å². The molecule has 0 bridgehead atoms. The fourth-order valence-electron chi connectivity index (χ4n) is 3.75. The maximum Gasteiger partial charge on any atom is 0.219 e. The molecule has 136 valence electrons. The first-order chi connectivity index (χ1) is 12.6. The Bertz CT molecular complexity index is 825. The van der Waals surface area contributed by atoms with Crippen LogP contribution in [0.5, 0.6) is 5.75 Å². The highest BCUT2D eigenvalue weighted by Gasteiger charge is 2.41. The second-order valence-electron chi connectivity index (χ2n) is 6.95. The minimum atomic E-state index is -0.622. The van der Waals surface area contributed by atoms with Crippen LogP contribution in [0.2, 0.25) is 0 Å². The minimum absolute atomic E-state index is 0.00994. The molecule has 0 atom stereocenters. The van der Waals surface area contributed by atoms with Crippen LogP contribution in [-0.2, 0) is 22.7 Å². The Balaban J connectivity index is 1.56. The van der Waals surface area contributed by atoms with Crippen molar-refractivity contribution in [2.45, 2.75) is 38.8 Å². The molecule has 26 heavy (non-hydrogen) atoms. The SMILES string of the molecule is CC(=O)N1CCC2(CC1)OCc1cc(-c3ccccc3CO)ccc1O2. The lowest BCUT2D eigenvalue weighted by Gasteiger charge is -2.43. The first-order valence-corrected chi connectivity index (χ1v) is 9.01. The number of likely N-dealkylation sites (tertiary alicyclic amines) is 1. The molecule has 1 N–H and O–H groups in total. The van der Waals surface area contributed by atoms with Crippen LogP contribution >= 0.6 is 0 Å². The van der Waals surface area contributed by atoms with Gasteiger partial charge in [-0.3, -0.25) is 4.79 Å². The van der Waals surface area contributed by atoms with E-state index in [2.05, 4.69) is 6.07 Å². The second kappa shape index (κ2) is 6.74. The Morgan fingerprint density at radius 1 is 1.19 bits per heavy atom. The molecule has 0 saturated carbocycles. The van der Waals surface area contributed by atoms with Gasteiger partial charge in [-0.25, -0.2) is 0 Å². The van der Waals surface area contributed by atoms with Gasteiger partial charge in [-0.05, 0) is 28.8 Å². The third-order valence-corrected chi connectivity index (χ3v) is 5.32. The molecule has 2 aliphatic heterocycles. The molecule has 0 aromatic heterocycles. The molecule has 1 saturated heterocycles. The van der Waals surface area contributed by atoms with Crippen LogP contribution in [0.15, 0.2) is 42.5 Å². The Morgan fingerprint density at radius 3 is 2.69 bits per heavy atom. The number of benzene rings is 2. The Morgan fingerprint density at radius 2 is 1.96 bits per heavy atom. The summed E-state index contributed by atoms with van der Waals surface area (Å²) in [6.45, 7) is 3.42. The lowest BCUT2D eigenvalue weighted by Crippen LogP contribution is -2.52. The number of nitrogens with zero attached hydrogens (tertiary/aromatic N) is 1. The molecule has 0 radical (unpaired) electrons. The van der Waals surface area contributed by atoms with Gasteiger partial charge in [0.15, 0.2) is 0 Å². The summed E-state index contributed by atoms with van der Waals surface area (Å²) in [5.74, 6) is 0.324. The Labute approximate surface area is 153 Å². The number of aliphatic hydroxyl groups is 1. The standard InChI is InChI=1S/C21H23NO4/c1-15(24)22-10-8-21(9-11-22)25-14-18-12-16(6-7-20(18)26-21)19-5-3-2-4-17(19)13-23/h2-7,12,23H,8-11,13-14H2,1H3. The number of fused-ring (bicyclic) bond motifs is 1. The normalized spacial score (nSPS) is 18.3. The van der Waals surface area contributed by atoms with Crippen LogP contribution < -0.4 is 4.74 Å². The second-order valence-corrected chi connectivity index (χ2v) is 6.95. The molecule has 2 heterocycles. The molecule has 2 aromatic carbocycles. The van der Waals surface area contributed by atoms with Crippen molar-refractivity contribution in [3.63, 3.8) is 0 Å². The van der Waals surface area contributed by atoms with Gasteiger partial charge in [-0.2, -0.15) is 0 Å². The summed E-state index contributed by atoms with van der Waals surface area (Å²) in [7, 11) is 0. The van der Waals surface area contributed by atoms with Crippen LogP contribution in [0.4, 0.5) is 0 Å². The van der Waals surface area contributed by atoms with Gasteiger partial charge in [0, 0.05) is 38.4 Å². The van der Waals surface area contributed by atoms with E-state index in [0.717, 1.165) is 28.0 Å². The summed E-state index contributed by atoms with van der Waals surface area (Å²) in [5, 5.41) is 9.57. The fraction of sp³-hybridized carbons (Fsp3) is 0.381. The van der Waals surface area contributed by atoms with E-state index in [0.29, 0.717) is 32.5 Å². The predicted octanol–water partition coefficient (Wildman–Crippen LogP) is 3.09. The van der Waals surface area contributed by atoms with E-state index in [1.807, 2.05) is 41.3 Å². The van der Waals surface area contributed by atoms with Crippen molar-refractivity contribution in [1.82, 2.24) is 4.90 Å². The topological polar surface area (TPSA) is 59.0 Å². The third-order valence-electron chi connectivity index (χ3n) is 5.32. The summed E-state index contributed by atoms with van der Waals surface area (Å²) in [5.41, 5.74) is 3.98.